The van der Waals surface area contributed by atoms with Gasteiger partial charge in [-0.15, -0.1) is 0 Å². The fourth-order valence-electron chi connectivity index (χ4n) is 2.65. The van der Waals surface area contributed by atoms with Crippen molar-refractivity contribution in [1.82, 2.24) is 0 Å². The summed E-state index contributed by atoms with van der Waals surface area (Å²) in [5.74, 6) is -0.594. The van der Waals surface area contributed by atoms with Crippen molar-refractivity contribution in [3.05, 3.63) is 57.8 Å². The molecule has 0 aromatic heterocycles. The zero-order chi connectivity index (χ0) is 15.9. The van der Waals surface area contributed by atoms with E-state index in [-0.39, 0.29) is 10.9 Å². The van der Waals surface area contributed by atoms with Gasteiger partial charge in [-0.25, -0.2) is 17.9 Å². The zero-order valence-corrected chi connectivity index (χ0v) is 13.9. The van der Waals surface area contributed by atoms with Gasteiger partial charge in [0.2, 0.25) is 10.0 Å². The van der Waals surface area contributed by atoms with Crippen molar-refractivity contribution in [2.45, 2.75) is 23.8 Å². The molecule has 7 heteroatoms. The van der Waals surface area contributed by atoms with E-state index in [1.54, 1.807) is 0 Å². The Labute approximate surface area is 136 Å². The average Bonchev–Trinajstić information content (AvgIpc) is 2.47. The van der Waals surface area contributed by atoms with Gasteiger partial charge >= 0.3 is 0 Å². The Kier molecular flexibility index (Phi) is 3.96. The molecule has 1 heterocycles. The molecule has 116 valence electrons. The average molecular weight is 385 g/mol. The van der Waals surface area contributed by atoms with E-state index in [0.717, 1.165) is 22.5 Å². The molecule has 3 N–H and O–H groups in total. The van der Waals surface area contributed by atoms with Crippen LogP contribution < -0.4 is 10.5 Å². The number of fused-ring (bicyclic) bond motifs is 1. The summed E-state index contributed by atoms with van der Waals surface area (Å²) >= 11 is 3.38. The van der Waals surface area contributed by atoms with Gasteiger partial charge in [0.15, 0.2) is 0 Å². The standard InChI is InChI=1S/C15H14BrFN2O2S/c16-11-4-1-9(2-5-11)14-6-3-10-7-12(22(18,20)21)8-13(17)15(10)19-14/h1-2,4-5,7-8,14,19H,3,6H2,(H2,18,20,21). The molecule has 0 fully saturated rings. The summed E-state index contributed by atoms with van der Waals surface area (Å²) in [5.41, 5.74) is 2.05. The molecule has 0 saturated heterocycles. The van der Waals surface area contributed by atoms with Gasteiger partial charge < -0.3 is 5.32 Å². The van der Waals surface area contributed by atoms with Crippen LogP contribution in [0.25, 0.3) is 0 Å². The van der Waals surface area contributed by atoms with Crippen LogP contribution in [0.15, 0.2) is 45.8 Å². The molecular weight excluding hydrogens is 371 g/mol. The largest absolute Gasteiger partial charge is 0.376 e. The summed E-state index contributed by atoms with van der Waals surface area (Å²) in [6, 6.07) is 10.2. The van der Waals surface area contributed by atoms with E-state index in [1.807, 2.05) is 24.3 Å². The molecule has 0 aliphatic carbocycles. The lowest BCUT2D eigenvalue weighted by Gasteiger charge is -2.28. The number of aryl methyl sites for hydroxylation is 1. The van der Waals surface area contributed by atoms with Crippen LogP contribution in [0.3, 0.4) is 0 Å². The number of sulfonamides is 1. The highest BCUT2D eigenvalue weighted by molar-refractivity contribution is 9.10. The summed E-state index contributed by atoms with van der Waals surface area (Å²) < 4.78 is 38.0. The molecule has 0 amide bonds. The maximum absolute atomic E-state index is 14.2. The van der Waals surface area contributed by atoms with Crippen LogP contribution in [0.5, 0.6) is 0 Å². The quantitative estimate of drug-likeness (QED) is 0.833. The molecule has 22 heavy (non-hydrogen) atoms. The van der Waals surface area contributed by atoms with Crippen molar-refractivity contribution in [3.8, 4) is 0 Å². The van der Waals surface area contributed by atoms with Crippen molar-refractivity contribution in [1.29, 1.82) is 0 Å². The van der Waals surface area contributed by atoms with E-state index in [9.17, 15) is 12.8 Å². The van der Waals surface area contributed by atoms with Crippen LogP contribution in [0.4, 0.5) is 10.1 Å². The van der Waals surface area contributed by atoms with Gasteiger partial charge in [-0.3, -0.25) is 0 Å². The normalized spacial score (nSPS) is 17.7. The van der Waals surface area contributed by atoms with E-state index in [1.165, 1.54) is 6.07 Å². The molecule has 4 nitrogen and oxygen atoms in total. The molecule has 0 radical (unpaired) electrons. The van der Waals surface area contributed by atoms with Gasteiger partial charge in [-0.1, -0.05) is 28.1 Å². The van der Waals surface area contributed by atoms with Gasteiger partial charge in [0.1, 0.15) is 5.82 Å². The lowest BCUT2D eigenvalue weighted by Crippen LogP contribution is -2.21. The number of halogens is 2. The molecule has 0 saturated carbocycles. The number of anilines is 1. The third-order valence-corrected chi connectivity index (χ3v) is 5.19. The molecule has 0 bridgehead atoms. The lowest BCUT2D eigenvalue weighted by molar-refractivity contribution is 0.584. The van der Waals surface area contributed by atoms with E-state index in [0.29, 0.717) is 17.7 Å². The predicted molar refractivity (Wildman–Crippen MR) is 86.6 cm³/mol. The number of rotatable bonds is 2. The number of hydrogen-bond donors (Lipinski definition) is 2. The fraction of sp³-hybridized carbons (Fsp3) is 0.200. The molecule has 0 spiro atoms. The molecule has 1 aliphatic heterocycles. The maximum atomic E-state index is 14.2. The molecule has 1 atom stereocenters. The monoisotopic (exact) mass is 384 g/mol. The predicted octanol–water partition coefficient (Wildman–Crippen LogP) is 3.34. The second-order valence-electron chi connectivity index (χ2n) is 5.27. The molecule has 1 unspecified atom stereocenters. The third kappa shape index (κ3) is 3.02. The van der Waals surface area contributed by atoms with Crippen LogP contribution in [0.1, 0.15) is 23.6 Å². The minimum absolute atomic E-state index is 0.00423. The molecular formula is C15H14BrFN2O2S. The highest BCUT2D eigenvalue weighted by Crippen LogP contribution is 2.36. The highest BCUT2D eigenvalue weighted by Gasteiger charge is 2.24. The minimum Gasteiger partial charge on any atom is -0.376 e. The molecule has 3 rings (SSSR count). The maximum Gasteiger partial charge on any atom is 0.238 e. The number of benzene rings is 2. The smallest absolute Gasteiger partial charge is 0.238 e. The second kappa shape index (κ2) is 5.64. The van der Waals surface area contributed by atoms with Crippen LogP contribution in [0.2, 0.25) is 0 Å². The van der Waals surface area contributed by atoms with E-state index in [2.05, 4.69) is 21.2 Å². The van der Waals surface area contributed by atoms with Crippen molar-refractivity contribution in [2.75, 3.05) is 5.32 Å². The van der Waals surface area contributed by atoms with E-state index < -0.39 is 15.8 Å². The first-order valence-corrected chi connectivity index (χ1v) is 9.06. The van der Waals surface area contributed by atoms with Gasteiger partial charge in [-0.2, -0.15) is 0 Å². The van der Waals surface area contributed by atoms with Crippen LogP contribution in [-0.4, -0.2) is 8.42 Å². The molecule has 2 aromatic carbocycles. The summed E-state index contributed by atoms with van der Waals surface area (Å²) in [5, 5.41) is 8.23. The summed E-state index contributed by atoms with van der Waals surface area (Å²) in [7, 11) is -3.90. The van der Waals surface area contributed by atoms with Crippen LogP contribution in [0, 0.1) is 5.82 Å². The van der Waals surface area contributed by atoms with Crippen molar-refractivity contribution in [2.24, 2.45) is 5.14 Å². The van der Waals surface area contributed by atoms with E-state index >= 15 is 0 Å². The lowest BCUT2D eigenvalue weighted by atomic mass is 9.93. The first kappa shape index (κ1) is 15.5. The topological polar surface area (TPSA) is 72.2 Å². The Morgan fingerprint density at radius 1 is 1.23 bits per heavy atom. The Morgan fingerprint density at radius 3 is 2.55 bits per heavy atom. The van der Waals surface area contributed by atoms with Crippen molar-refractivity contribution < 1.29 is 12.8 Å². The summed E-state index contributed by atoms with van der Waals surface area (Å²) in [4.78, 5) is -0.187. The SMILES string of the molecule is NS(=O)(=O)c1cc(F)c2c(c1)CCC(c1ccc(Br)cc1)N2. The Morgan fingerprint density at radius 2 is 1.91 bits per heavy atom. The minimum atomic E-state index is -3.90. The zero-order valence-electron chi connectivity index (χ0n) is 11.5. The second-order valence-corrected chi connectivity index (χ2v) is 7.75. The van der Waals surface area contributed by atoms with Gasteiger partial charge in [0.25, 0.3) is 0 Å². The number of hydrogen-bond acceptors (Lipinski definition) is 3. The Bertz CT molecular complexity index is 822. The van der Waals surface area contributed by atoms with Gasteiger partial charge in [0, 0.05) is 4.47 Å². The number of nitrogens with one attached hydrogen (secondary N) is 1. The highest BCUT2D eigenvalue weighted by atomic mass is 79.9. The van der Waals surface area contributed by atoms with Gasteiger partial charge in [0.05, 0.1) is 16.6 Å². The summed E-state index contributed by atoms with van der Waals surface area (Å²) in [6.07, 6.45) is 1.34. The van der Waals surface area contributed by atoms with Crippen molar-refractivity contribution >= 4 is 31.6 Å². The number of primary sulfonamides is 1. The Balaban J connectivity index is 1.95. The fourth-order valence-corrected chi connectivity index (χ4v) is 3.49. The molecule has 1 aliphatic rings. The first-order chi connectivity index (χ1) is 10.3. The third-order valence-electron chi connectivity index (χ3n) is 3.77. The van der Waals surface area contributed by atoms with Gasteiger partial charge in [-0.05, 0) is 48.2 Å². The van der Waals surface area contributed by atoms with Crippen LogP contribution in [-0.2, 0) is 16.4 Å². The summed E-state index contributed by atoms with van der Waals surface area (Å²) in [6.45, 7) is 0. The van der Waals surface area contributed by atoms with Crippen LogP contribution >= 0.6 is 15.9 Å². The molecule has 2 aromatic rings. The van der Waals surface area contributed by atoms with E-state index in [4.69, 9.17) is 5.14 Å². The Hall–Kier alpha value is -1.44. The number of nitrogens with two attached hydrogens (primary N) is 1. The van der Waals surface area contributed by atoms with Crippen molar-refractivity contribution in [3.63, 3.8) is 0 Å². The first-order valence-electron chi connectivity index (χ1n) is 6.72.